The first-order valence-electron chi connectivity index (χ1n) is 5.08. The fraction of sp³-hybridized carbons (Fsp3) is 0.455. The largest absolute Gasteiger partial charge is 0.464 e. The number of methoxy groups -OCH3 is 1. The van der Waals surface area contributed by atoms with Gasteiger partial charge in [0.25, 0.3) is 0 Å². The Morgan fingerprint density at radius 3 is 2.76 bits per heavy atom. The van der Waals surface area contributed by atoms with E-state index in [1.54, 1.807) is 7.05 Å². The molecule has 0 spiro atoms. The molecular weight excluding hydrogens is 222 g/mol. The lowest BCUT2D eigenvalue weighted by Gasteiger charge is -2.33. The van der Waals surface area contributed by atoms with Crippen molar-refractivity contribution in [3.8, 4) is 6.07 Å². The summed E-state index contributed by atoms with van der Waals surface area (Å²) in [7, 11) is 2.91. The Morgan fingerprint density at radius 2 is 2.29 bits per heavy atom. The van der Waals surface area contributed by atoms with E-state index in [2.05, 4.69) is 15.9 Å². The first-order valence-corrected chi connectivity index (χ1v) is 5.08. The lowest BCUT2D eigenvalue weighted by atomic mass is 9.66. The van der Waals surface area contributed by atoms with Crippen molar-refractivity contribution >= 4 is 11.8 Å². The van der Waals surface area contributed by atoms with Crippen LogP contribution >= 0.6 is 0 Å². The number of ketones is 1. The summed E-state index contributed by atoms with van der Waals surface area (Å²) in [5, 5.41) is 13.2. The number of rotatable bonds is 2. The molecule has 1 aromatic rings. The van der Waals surface area contributed by atoms with Crippen molar-refractivity contribution in [2.24, 2.45) is 7.05 Å². The molecule has 1 saturated carbocycles. The van der Waals surface area contributed by atoms with Crippen LogP contribution in [0.15, 0.2) is 6.07 Å². The van der Waals surface area contributed by atoms with Crippen LogP contribution in [-0.2, 0) is 22.0 Å². The Balaban J connectivity index is 2.40. The number of hydrogen-bond acceptors (Lipinski definition) is 5. The van der Waals surface area contributed by atoms with Crippen molar-refractivity contribution in [1.29, 1.82) is 5.26 Å². The highest BCUT2D eigenvalue weighted by molar-refractivity contribution is 5.91. The molecule has 0 aromatic carbocycles. The second-order valence-corrected chi connectivity index (χ2v) is 4.12. The molecule has 1 fully saturated rings. The summed E-state index contributed by atoms with van der Waals surface area (Å²) in [6.07, 6.45) is 0.368. The maximum absolute atomic E-state index is 11.3. The van der Waals surface area contributed by atoms with E-state index in [1.807, 2.05) is 0 Å². The molecule has 0 N–H and O–H groups in total. The van der Waals surface area contributed by atoms with Gasteiger partial charge in [0.1, 0.15) is 11.2 Å². The van der Waals surface area contributed by atoms with E-state index in [0.29, 0.717) is 5.69 Å². The molecule has 6 nitrogen and oxygen atoms in total. The summed E-state index contributed by atoms with van der Waals surface area (Å²) in [6.45, 7) is 0. The van der Waals surface area contributed by atoms with Crippen LogP contribution in [0.1, 0.15) is 29.0 Å². The van der Waals surface area contributed by atoms with Crippen molar-refractivity contribution in [2.75, 3.05) is 7.11 Å². The van der Waals surface area contributed by atoms with Gasteiger partial charge in [-0.1, -0.05) is 0 Å². The molecule has 1 aliphatic rings. The van der Waals surface area contributed by atoms with E-state index in [0.717, 1.165) is 0 Å². The highest BCUT2D eigenvalue weighted by Gasteiger charge is 2.48. The van der Waals surface area contributed by atoms with Crippen LogP contribution in [0.3, 0.4) is 0 Å². The summed E-state index contributed by atoms with van der Waals surface area (Å²) < 4.78 is 6.02. The smallest absolute Gasteiger partial charge is 0.358 e. The van der Waals surface area contributed by atoms with Crippen LogP contribution < -0.4 is 0 Å². The Kier molecular flexibility index (Phi) is 2.46. The second kappa shape index (κ2) is 3.70. The van der Waals surface area contributed by atoms with Crippen LogP contribution in [0.25, 0.3) is 0 Å². The molecule has 0 amide bonds. The zero-order valence-corrected chi connectivity index (χ0v) is 9.56. The van der Waals surface area contributed by atoms with Gasteiger partial charge in [-0.25, -0.2) is 4.79 Å². The molecular formula is C11H11N3O3. The number of carbonyl (C=O) groups is 2. The van der Waals surface area contributed by atoms with Gasteiger partial charge in [0.2, 0.25) is 0 Å². The van der Waals surface area contributed by atoms with Crippen LogP contribution in [-0.4, -0.2) is 28.6 Å². The van der Waals surface area contributed by atoms with Gasteiger partial charge in [-0.05, 0) is 6.07 Å². The predicted molar refractivity (Wildman–Crippen MR) is 56.1 cm³/mol. The third-order valence-electron chi connectivity index (χ3n) is 2.98. The van der Waals surface area contributed by atoms with Crippen LogP contribution in [0.5, 0.6) is 0 Å². The zero-order valence-electron chi connectivity index (χ0n) is 9.56. The molecule has 17 heavy (non-hydrogen) atoms. The van der Waals surface area contributed by atoms with E-state index < -0.39 is 11.4 Å². The summed E-state index contributed by atoms with van der Waals surface area (Å²) in [6, 6.07) is 3.65. The molecule has 0 saturated heterocycles. The van der Waals surface area contributed by atoms with Gasteiger partial charge in [0.15, 0.2) is 5.69 Å². The Morgan fingerprint density at radius 1 is 1.65 bits per heavy atom. The average Bonchev–Trinajstić information content (AvgIpc) is 2.66. The molecule has 0 aliphatic heterocycles. The lowest BCUT2D eigenvalue weighted by Crippen LogP contribution is -2.41. The number of aromatic nitrogens is 2. The van der Waals surface area contributed by atoms with E-state index in [9.17, 15) is 14.9 Å². The maximum atomic E-state index is 11.3. The number of nitrogens with zero attached hydrogens (tertiary/aromatic N) is 3. The molecule has 6 heteroatoms. The minimum Gasteiger partial charge on any atom is -0.464 e. The molecule has 88 valence electrons. The standard InChI is InChI=1S/C11H11N3O3/c1-14-9(3-8(13-14)10(16)17-2)11(6-12)4-7(15)5-11/h3H,4-5H2,1-2H3. The monoisotopic (exact) mass is 233 g/mol. The van der Waals surface area contributed by atoms with Crippen molar-refractivity contribution in [3.05, 3.63) is 17.5 Å². The minimum atomic E-state index is -0.828. The minimum absolute atomic E-state index is 0.0485. The normalized spacial score (nSPS) is 17.1. The van der Waals surface area contributed by atoms with Gasteiger partial charge >= 0.3 is 5.97 Å². The summed E-state index contributed by atoms with van der Waals surface area (Å²) in [4.78, 5) is 22.4. The fourth-order valence-corrected chi connectivity index (χ4v) is 2.06. The van der Waals surface area contributed by atoms with Gasteiger partial charge < -0.3 is 4.74 Å². The van der Waals surface area contributed by atoms with Gasteiger partial charge in [-0.3, -0.25) is 9.48 Å². The fourth-order valence-electron chi connectivity index (χ4n) is 2.06. The van der Waals surface area contributed by atoms with Gasteiger partial charge in [-0.2, -0.15) is 10.4 Å². The maximum Gasteiger partial charge on any atom is 0.358 e. The molecule has 1 aliphatic carbocycles. The number of Topliss-reactive ketones (excluding diaryl/α,β-unsaturated/α-hetero) is 1. The third kappa shape index (κ3) is 1.60. The predicted octanol–water partition coefficient (Wildman–Crippen LogP) is 0.331. The van der Waals surface area contributed by atoms with E-state index in [-0.39, 0.29) is 24.3 Å². The topological polar surface area (TPSA) is 85.0 Å². The van der Waals surface area contributed by atoms with Crippen LogP contribution in [0, 0.1) is 11.3 Å². The molecule has 0 atom stereocenters. The summed E-state index contributed by atoms with van der Waals surface area (Å²) in [5.74, 6) is -0.502. The highest BCUT2D eigenvalue weighted by Crippen LogP contribution is 2.40. The van der Waals surface area contributed by atoms with Crippen molar-refractivity contribution in [1.82, 2.24) is 9.78 Å². The van der Waals surface area contributed by atoms with Gasteiger partial charge in [0, 0.05) is 19.9 Å². The van der Waals surface area contributed by atoms with Crippen LogP contribution in [0.2, 0.25) is 0 Å². The number of ether oxygens (including phenoxy) is 1. The zero-order chi connectivity index (χ0) is 12.6. The molecule has 0 radical (unpaired) electrons. The Labute approximate surface area is 97.8 Å². The highest BCUT2D eigenvalue weighted by atomic mass is 16.5. The summed E-state index contributed by atoms with van der Waals surface area (Å²) >= 11 is 0. The van der Waals surface area contributed by atoms with Crippen molar-refractivity contribution in [2.45, 2.75) is 18.3 Å². The average molecular weight is 233 g/mol. The van der Waals surface area contributed by atoms with Crippen molar-refractivity contribution in [3.63, 3.8) is 0 Å². The molecule has 1 aromatic heterocycles. The number of nitriles is 1. The van der Waals surface area contributed by atoms with Crippen LogP contribution in [0.4, 0.5) is 0 Å². The van der Waals surface area contributed by atoms with E-state index >= 15 is 0 Å². The SMILES string of the molecule is COC(=O)c1cc(C2(C#N)CC(=O)C2)n(C)n1. The third-order valence-corrected chi connectivity index (χ3v) is 2.98. The van der Waals surface area contributed by atoms with Crippen molar-refractivity contribution < 1.29 is 14.3 Å². The quantitative estimate of drug-likeness (QED) is 0.687. The van der Waals surface area contributed by atoms with Gasteiger partial charge in [-0.15, -0.1) is 0 Å². The second-order valence-electron chi connectivity index (χ2n) is 4.12. The molecule has 1 heterocycles. The first kappa shape index (κ1) is 11.3. The molecule has 2 rings (SSSR count). The van der Waals surface area contributed by atoms with E-state index in [1.165, 1.54) is 17.9 Å². The summed E-state index contributed by atoms with van der Waals surface area (Å²) in [5.41, 5.74) is -0.0931. The molecule has 0 bridgehead atoms. The number of hydrogen-bond donors (Lipinski definition) is 0. The van der Waals surface area contributed by atoms with E-state index in [4.69, 9.17) is 0 Å². The Bertz CT molecular complexity index is 531. The molecule has 0 unspecified atom stereocenters. The first-order chi connectivity index (χ1) is 8.02. The number of carbonyl (C=O) groups excluding carboxylic acids is 2. The number of esters is 1. The lowest BCUT2D eigenvalue weighted by molar-refractivity contribution is -0.126. The Hall–Kier alpha value is -2.16. The van der Waals surface area contributed by atoms with Gasteiger partial charge in [0.05, 0.1) is 18.9 Å². The number of aryl methyl sites for hydroxylation is 1.